The molecule has 0 aliphatic rings. The molecular formula is C16H33AlO. The van der Waals surface area contributed by atoms with Gasteiger partial charge in [0, 0.05) is 6.61 Å². The Kier molecular flexibility index (Phi) is 15.5. The van der Waals surface area contributed by atoms with Gasteiger partial charge in [0.05, 0.1) is 0 Å². The fraction of sp³-hybridized carbons (Fsp3) is 0.875. The highest BCUT2D eigenvalue weighted by Crippen LogP contribution is 2.11. The lowest BCUT2D eigenvalue weighted by molar-refractivity contribution is 0.323. The minimum absolute atomic E-state index is 0.868. The van der Waals surface area contributed by atoms with E-state index in [0.29, 0.717) is 0 Å². The van der Waals surface area contributed by atoms with Crippen LogP contribution in [0.2, 0.25) is 10.6 Å². The fourth-order valence-electron chi connectivity index (χ4n) is 2.04. The highest BCUT2D eigenvalue weighted by atomic mass is 27.2. The van der Waals surface area contributed by atoms with Crippen molar-refractivity contribution < 1.29 is 3.79 Å². The minimum Gasteiger partial charge on any atom is -0.500 e. The first-order valence-corrected chi connectivity index (χ1v) is 10.2. The van der Waals surface area contributed by atoms with Crippen LogP contribution in [0.15, 0.2) is 12.2 Å². The van der Waals surface area contributed by atoms with E-state index >= 15 is 0 Å². The van der Waals surface area contributed by atoms with E-state index < -0.39 is 14.5 Å². The third-order valence-electron chi connectivity index (χ3n) is 3.29. The van der Waals surface area contributed by atoms with Gasteiger partial charge in [0.25, 0.3) is 0 Å². The second-order valence-corrected chi connectivity index (χ2v) is 7.91. The van der Waals surface area contributed by atoms with Crippen LogP contribution in [0.25, 0.3) is 0 Å². The number of rotatable bonds is 13. The molecule has 0 unspecified atom stereocenters. The van der Waals surface area contributed by atoms with E-state index in [4.69, 9.17) is 3.79 Å². The van der Waals surface area contributed by atoms with Crippen molar-refractivity contribution >= 4 is 14.5 Å². The summed E-state index contributed by atoms with van der Waals surface area (Å²) in [5, 5.41) is 2.77. The summed E-state index contributed by atoms with van der Waals surface area (Å²) in [6.07, 6.45) is 15.0. The van der Waals surface area contributed by atoms with Gasteiger partial charge in [-0.25, -0.2) is 0 Å². The Bertz CT molecular complexity index is 172. The highest BCUT2D eigenvalue weighted by Gasteiger charge is 2.18. The average Bonchev–Trinajstić information content (AvgIpc) is 2.40. The van der Waals surface area contributed by atoms with E-state index in [0.717, 1.165) is 13.0 Å². The Morgan fingerprint density at radius 2 is 1.33 bits per heavy atom. The van der Waals surface area contributed by atoms with Crippen molar-refractivity contribution in [3.63, 3.8) is 0 Å². The summed E-state index contributed by atoms with van der Waals surface area (Å²) in [5.74, 6) is 0. The van der Waals surface area contributed by atoms with E-state index in [9.17, 15) is 0 Å². The predicted molar refractivity (Wildman–Crippen MR) is 84.4 cm³/mol. The van der Waals surface area contributed by atoms with Crippen molar-refractivity contribution in [1.82, 2.24) is 0 Å². The molecule has 0 rings (SSSR count). The van der Waals surface area contributed by atoms with Crippen LogP contribution < -0.4 is 0 Å². The topological polar surface area (TPSA) is 9.23 Å². The molecule has 0 saturated carbocycles. The monoisotopic (exact) mass is 268 g/mol. The maximum Gasteiger partial charge on any atom is 0.460 e. The number of allylic oxidation sites excluding steroid dienone is 1. The lowest BCUT2D eigenvalue weighted by Gasteiger charge is -2.11. The van der Waals surface area contributed by atoms with Crippen LogP contribution in [0.3, 0.4) is 0 Å². The van der Waals surface area contributed by atoms with Crippen LogP contribution in [-0.2, 0) is 3.79 Å². The second-order valence-electron chi connectivity index (χ2n) is 5.18. The van der Waals surface area contributed by atoms with Crippen LogP contribution in [0, 0.1) is 0 Å². The lowest BCUT2D eigenvalue weighted by Crippen LogP contribution is -2.18. The van der Waals surface area contributed by atoms with Gasteiger partial charge in [-0.2, -0.15) is 0 Å². The molecule has 0 aliphatic heterocycles. The first-order chi connectivity index (χ1) is 8.85. The molecule has 106 valence electrons. The van der Waals surface area contributed by atoms with Gasteiger partial charge in [-0.05, 0) is 12.8 Å². The standard InChI is InChI=1S/C8H15O.2C4H9.Al/c1-2-3-4-5-6-7-8-9;2*1-3-4-2;/h5-6H,2-4,7-8H2,1H3;2*1,3-4H2,2H3;/q-1;;;+1/b6-5-;;;. The SMILES string of the molecule is CCCC/C=C\CC[O][Al]([CH2]CCC)[CH2]CCC. The highest BCUT2D eigenvalue weighted by molar-refractivity contribution is 6.51. The quantitative estimate of drug-likeness (QED) is 0.235. The van der Waals surface area contributed by atoms with Crippen molar-refractivity contribution in [2.45, 2.75) is 82.7 Å². The summed E-state index contributed by atoms with van der Waals surface area (Å²) in [6, 6.07) is 0. The third-order valence-corrected chi connectivity index (χ3v) is 6.10. The van der Waals surface area contributed by atoms with Crippen LogP contribution in [-0.4, -0.2) is 21.1 Å². The first-order valence-electron chi connectivity index (χ1n) is 8.11. The summed E-state index contributed by atoms with van der Waals surface area (Å²) >= 11 is -0.868. The maximum absolute atomic E-state index is 6.14. The first kappa shape index (κ1) is 18.2. The van der Waals surface area contributed by atoms with Gasteiger partial charge in [0.1, 0.15) is 0 Å². The second kappa shape index (κ2) is 15.3. The van der Waals surface area contributed by atoms with Crippen LogP contribution in [0.5, 0.6) is 0 Å². The van der Waals surface area contributed by atoms with Gasteiger partial charge in [-0.3, -0.25) is 0 Å². The smallest absolute Gasteiger partial charge is 0.460 e. The van der Waals surface area contributed by atoms with E-state index in [1.54, 1.807) is 0 Å². The molecule has 0 spiro atoms. The van der Waals surface area contributed by atoms with Gasteiger partial charge >= 0.3 is 14.5 Å². The molecule has 0 aromatic carbocycles. The van der Waals surface area contributed by atoms with E-state index in [2.05, 4.69) is 32.9 Å². The lowest BCUT2D eigenvalue weighted by atomic mass is 10.2. The summed E-state index contributed by atoms with van der Waals surface area (Å²) in [6.45, 7) is 7.77. The van der Waals surface area contributed by atoms with Gasteiger partial charge < -0.3 is 3.79 Å². The Balaban J connectivity index is 3.57. The molecule has 0 saturated heterocycles. The van der Waals surface area contributed by atoms with Crippen molar-refractivity contribution in [2.75, 3.05) is 6.61 Å². The molecule has 0 radical (unpaired) electrons. The zero-order valence-electron chi connectivity index (χ0n) is 12.9. The van der Waals surface area contributed by atoms with Crippen molar-refractivity contribution in [1.29, 1.82) is 0 Å². The molecule has 0 atom stereocenters. The predicted octanol–water partition coefficient (Wildman–Crippen LogP) is 5.73. The largest absolute Gasteiger partial charge is 0.500 e. The Morgan fingerprint density at radius 3 is 1.89 bits per heavy atom. The number of hydrogen-bond donors (Lipinski definition) is 0. The van der Waals surface area contributed by atoms with E-state index in [1.807, 2.05) is 0 Å². The van der Waals surface area contributed by atoms with Gasteiger partial charge in [-0.15, -0.1) is 0 Å². The van der Waals surface area contributed by atoms with Crippen molar-refractivity contribution in [2.24, 2.45) is 0 Å². The third kappa shape index (κ3) is 12.7. The summed E-state index contributed by atoms with van der Waals surface area (Å²) in [5.41, 5.74) is 0. The zero-order valence-corrected chi connectivity index (χ0v) is 14.1. The van der Waals surface area contributed by atoms with Gasteiger partial charge in [-0.1, -0.05) is 82.0 Å². The van der Waals surface area contributed by atoms with E-state index in [-0.39, 0.29) is 0 Å². The van der Waals surface area contributed by atoms with Crippen LogP contribution in [0.1, 0.15) is 72.1 Å². The van der Waals surface area contributed by atoms with Gasteiger partial charge in [0.2, 0.25) is 0 Å². The molecular weight excluding hydrogens is 235 g/mol. The molecule has 18 heavy (non-hydrogen) atoms. The molecule has 2 heteroatoms. The molecule has 0 bridgehead atoms. The molecule has 0 aliphatic carbocycles. The van der Waals surface area contributed by atoms with Crippen LogP contribution >= 0.6 is 0 Å². The van der Waals surface area contributed by atoms with Crippen LogP contribution in [0.4, 0.5) is 0 Å². The normalized spacial score (nSPS) is 11.3. The average molecular weight is 268 g/mol. The molecule has 0 amide bonds. The fourth-order valence-corrected chi connectivity index (χ4v) is 4.85. The zero-order chi connectivity index (χ0) is 13.5. The molecule has 0 heterocycles. The molecule has 0 aromatic rings. The van der Waals surface area contributed by atoms with E-state index in [1.165, 1.54) is 55.5 Å². The summed E-state index contributed by atoms with van der Waals surface area (Å²) in [4.78, 5) is 0. The molecule has 0 aromatic heterocycles. The Hall–Kier alpha value is 0.232. The number of hydrogen-bond acceptors (Lipinski definition) is 1. The molecule has 1 nitrogen and oxygen atoms in total. The Labute approximate surface area is 120 Å². The van der Waals surface area contributed by atoms with Crippen molar-refractivity contribution in [3.8, 4) is 0 Å². The Morgan fingerprint density at radius 1 is 0.778 bits per heavy atom. The van der Waals surface area contributed by atoms with Gasteiger partial charge in [0.15, 0.2) is 0 Å². The van der Waals surface area contributed by atoms with Crippen molar-refractivity contribution in [3.05, 3.63) is 12.2 Å². The molecule has 0 fully saturated rings. The summed E-state index contributed by atoms with van der Waals surface area (Å²) in [7, 11) is 0. The number of unbranched alkanes of at least 4 members (excludes halogenated alkanes) is 4. The minimum atomic E-state index is -0.868. The summed E-state index contributed by atoms with van der Waals surface area (Å²) < 4.78 is 6.14. The maximum atomic E-state index is 6.14. The molecule has 0 N–H and O–H groups in total.